The SMILES string of the molecule is COc1ccc(-c2cc(C(F)(F)F)n3ncc(C(=O)Nc4c(C)nn(Cc5cccc(F)c5)c4C)c3n2)cc1. The average molecular weight is 539 g/mol. The first-order valence-electron chi connectivity index (χ1n) is 11.8. The summed E-state index contributed by atoms with van der Waals surface area (Å²) < 4.78 is 62.8. The Hall–Kier alpha value is -4.74. The number of halogens is 4. The number of rotatable bonds is 6. The molecule has 2 aromatic carbocycles. The first-order valence-corrected chi connectivity index (χ1v) is 11.8. The lowest BCUT2D eigenvalue weighted by Crippen LogP contribution is -2.16. The standard InChI is InChI=1S/C27H22F4N6O2/c1-15-24(16(2)36(35-15)14-17-5-4-6-19(28)11-17)34-26(38)21-13-32-37-23(27(29,30)31)12-22(33-25(21)37)18-7-9-20(39-3)10-8-18/h4-13H,14H2,1-3H3,(H,34,38). The van der Waals surface area contributed by atoms with Crippen molar-refractivity contribution in [1.82, 2.24) is 24.4 Å². The van der Waals surface area contributed by atoms with E-state index in [-0.39, 0.29) is 29.3 Å². The first kappa shape index (κ1) is 25.9. The number of aromatic nitrogens is 5. The molecule has 0 atom stereocenters. The zero-order valence-electron chi connectivity index (χ0n) is 21.0. The van der Waals surface area contributed by atoms with Crippen LogP contribution in [-0.4, -0.2) is 37.4 Å². The second kappa shape index (κ2) is 9.86. The number of carbonyl (C=O) groups excluding carboxylic acids is 1. The molecular formula is C27H22F4N6O2. The highest BCUT2D eigenvalue weighted by atomic mass is 19.4. The fourth-order valence-electron chi connectivity index (χ4n) is 4.26. The van der Waals surface area contributed by atoms with E-state index in [9.17, 15) is 22.4 Å². The summed E-state index contributed by atoms with van der Waals surface area (Å²) in [5.41, 5.74) is 1.08. The lowest BCUT2D eigenvalue weighted by atomic mass is 10.1. The van der Waals surface area contributed by atoms with E-state index in [0.717, 1.165) is 12.3 Å². The maximum absolute atomic E-state index is 14.0. The van der Waals surface area contributed by atoms with Crippen LogP contribution in [0.1, 0.15) is 33.0 Å². The zero-order chi connectivity index (χ0) is 27.9. The third-order valence-corrected chi connectivity index (χ3v) is 6.23. The molecule has 1 N–H and O–H groups in total. The van der Waals surface area contributed by atoms with Crippen molar-refractivity contribution < 1.29 is 27.1 Å². The summed E-state index contributed by atoms with van der Waals surface area (Å²) in [7, 11) is 1.48. The quantitative estimate of drug-likeness (QED) is 0.281. The Morgan fingerprint density at radius 1 is 1.08 bits per heavy atom. The Balaban J connectivity index is 1.52. The van der Waals surface area contributed by atoms with Gasteiger partial charge in [0.25, 0.3) is 5.91 Å². The topological polar surface area (TPSA) is 86.3 Å². The third-order valence-electron chi connectivity index (χ3n) is 6.23. The van der Waals surface area contributed by atoms with Crippen molar-refractivity contribution in [3.8, 4) is 17.0 Å². The summed E-state index contributed by atoms with van der Waals surface area (Å²) >= 11 is 0. The van der Waals surface area contributed by atoms with E-state index in [0.29, 0.717) is 38.5 Å². The van der Waals surface area contributed by atoms with Gasteiger partial charge in [-0.25, -0.2) is 13.9 Å². The number of hydrogen-bond acceptors (Lipinski definition) is 5. The fourth-order valence-corrected chi connectivity index (χ4v) is 4.26. The van der Waals surface area contributed by atoms with Crippen LogP contribution in [0.5, 0.6) is 5.75 Å². The molecule has 0 spiro atoms. The number of hydrogen-bond donors (Lipinski definition) is 1. The highest BCUT2D eigenvalue weighted by molar-refractivity contribution is 6.08. The Morgan fingerprint density at radius 2 is 1.82 bits per heavy atom. The van der Waals surface area contributed by atoms with Crippen molar-refractivity contribution in [3.63, 3.8) is 0 Å². The molecule has 0 aliphatic rings. The predicted molar refractivity (Wildman–Crippen MR) is 135 cm³/mol. The molecule has 12 heteroatoms. The van der Waals surface area contributed by atoms with Crippen molar-refractivity contribution in [2.45, 2.75) is 26.6 Å². The van der Waals surface area contributed by atoms with Gasteiger partial charge >= 0.3 is 6.18 Å². The van der Waals surface area contributed by atoms with Gasteiger partial charge in [-0.1, -0.05) is 12.1 Å². The van der Waals surface area contributed by atoms with Gasteiger partial charge in [0.2, 0.25) is 0 Å². The maximum atomic E-state index is 14.0. The fraction of sp³-hybridized carbons (Fsp3) is 0.185. The number of aryl methyl sites for hydroxylation is 1. The number of anilines is 1. The van der Waals surface area contributed by atoms with Crippen LogP contribution in [0.15, 0.2) is 60.8 Å². The Kier molecular flexibility index (Phi) is 6.54. The van der Waals surface area contributed by atoms with Crippen LogP contribution in [0.25, 0.3) is 16.9 Å². The molecule has 0 saturated carbocycles. The summed E-state index contributed by atoms with van der Waals surface area (Å²) in [5.74, 6) is -0.548. The molecule has 0 unspecified atom stereocenters. The van der Waals surface area contributed by atoms with E-state index in [4.69, 9.17) is 4.74 Å². The van der Waals surface area contributed by atoms with Crippen molar-refractivity contribution in [1.29, 1.82) is 0 Å². The number of fused-ring (bicyclic) bond motifs is 1. The smallest absolute Gasteiger partial charge is 0.433 e. The molecule has 39 heavy (non-hydrogen) atoms. The average Bonchev–Trinajstić information content (AvgIpc) is 3.44. The first-order chi connectivity index (χ1) is 18.5. The Bertz CT molecular complexity index is 1690. The van der Waals surface area contributed by atoms with E-state index < -0.39 is 17.8 Å². The van der Waals surface area contributed by atoms with E-state index in [2.05, 4.69) is 20.5 Å². The number of carbonyl (C=O) groups is 1. The molecule has 1 amide bonds. The highest BCUT2D eigenvalue weighted by Gasteiger charge is 2.36. The molecule has 0 aliphatic carbocycles. The van der Waals surface area contributed by atoms with Crippen molar-refractivity contribution >= 4 is 17.2 Å². The number of ether oxygens (including phenoxy) is 1. The highest BCUT2D eigenvalue weighted by Crippen LogP contribution is 2.33. The molecule has 3 heterocycles. The van der Waals surface area contributed by atoms with Crippen molar-refractivity contribution in [2.24, 2.45) is 0 Å². The van der Waals surface area contributed by atoms with Gasteiger partial charge < -0.3 is 10.1 Å². The van der Waals surface area contributed by atoms with Crippen LogP contribution in [0.4, 0.5) is 23.2 Å². The van der Waals surface area contributed by atoms with Gasteiger partial charge in [0.05, 0.1) is 42.6 Å². The summed E-state index contributed by atoms with van der Waals surface area (Å²) in [5, 5.41) is 11.0. The molecule has 200 valence electrons. The normalized spacial score (nSPS) is 11.7. The minimum absolute atomic E-state index is 0.0160. The second-order valence-corrected chi connectivity index (χ2v) is 8.83. The van der Waals surface area contributed by atoms with Gasteiger partial charge in [-0.05, 0) is 61.9 Å². The van der Waals surface area contributed by atoms with Gasteiger partial charge in [0.1, 0.15) is 17.1 Å². The van der Waals surface area contributed by atoms with E-state index in [1.807, 2.05) is 0 Å². The Morgan fingerprint density at radius 3 is 2.49 bits per heavy atom. The number of benzene rings is 2. The maximum Gasteiger partial charge on any atom is 0.433 e. The van der Waals surface area contributed by atoms with Crippen LogP contribution >= 0.6 is 0 Å². The van der Waals surface area contributed by atoms with E-state index in [1.165, 1.54) is 19.2 Å². The number of methoxy groups -OCH3 is 1. The van der Waals surface area contributed by atoms with E-state index in [1.54, 1.807) is 54.9 Å². The molecule has 8 nitrogen and oxygen atoms in total. The number of alkyl halides is 3. The molecule has 0 fully saturated rings. The number of amides is 1. The van der Waals surface area contributed by atoms with Gasteiger partial charge in [-0.2, -0.15) is 23.4 Å². The summed E-state index contributed by atoms with van der Waals surface area (Å²) in [4.78, 5) is 17.7. The van der Waals surface area contributed by atoms with E-state index >= 15 is 0 Å². The van der Waals surface area contributed by atoms with Crippen LogP contribution < -0.4 is 10.1 Å². The number of nitrogens with one attached hydrogen (secondary N) is 1. The summed E-state index contributed by atoms with van der Waals surface area (Å²) in [6.07, 6.45) is -3.71. The van der Waals surface area contributed by atoms with Gasteiger partial charge in [-0.3, -0.25) is 9.48 Å². The number of nitrogens with zero attached hydrogens (tertiary/aromatic N) is 5. The van der Waals surface area contributed by atoms with Gasteiger partial charge in [0.15, 0.2) is 11.3 Å². The largest absolute Gasteiger partial charge is 0.497 e. The van der Waals surface area contributed by atoms with Crippen LogP contribution in [-0.2, 0) is 12.7 Å². The summed E-state index contributed by atoms with van der Waals surface area (Å²) in [6, 6.07) is 13.3. The molecule has 5 aromatic rings. The molecule has 5 rings (SSSR count). The zero-order valence-corrected chi connectivity index (χ0v) is 21.0. The predicted octanol–water partition coefficient (Wildman–Crippen LogP) is 5.68. The molecular weight excluding hydrogens is 516 g/mol. The molecule has 0 aliphatic heterocycles. The summed E-state index contributed by atoms with van der Waals surface area (Å²) in [6.45, 7) is 3.67. The second-order valence-electron chi connectivity index (χ2n) is 8.83. The monoisotopic (exact) mass is 538 g/mol. The minimum Gasteiger partial charge on any atom is -0.497 e. The van der Waals surface area contributed by atoms with Crippen LogP contribution in [0.3, 0.4) is 0 Å². The molecule has 0 bridgehead atoms. The molecule has 3 aromatic heterocycles. The molecule has 0 radical (unpaired) electrons. The van der Waals surface area contributed by atoms with Crippen LogP contribution in [0.2, 0.25) is 0 Å². The van der Waals surface area contributed by atoms with Crippen molar-refractivity contribution in [2.75, 3.05) is 12.4 Å². The van der Waals surface area contributed by atoms with Gasteiger partial charge in [-0.15, -0.1) is 0 Å². The third kappa shape index (κ3) is 5.05. The van der Waals surface area contributed by atoms with Gasteiger partial charge in [0, 0.05) is 5.56 Å². The Labute approximate surface area is 219 Å². The minimum atomic E-state index is -4.76. The van der Waals surface area contributed by atoms with Crippen LogP contribution in [0, 0.1) is 19.7 Å². The molecule has 0 saturated heterocycles. The lowest BCUT2D eigenvalue weighted by Gasteiger charge is -2.12. The lowest BCUT2D eigenvalue weighted by molar-refractivity contribution is -0.142. The van der Waals surface area contributed by atoms with Crippen molar-refractivity contribution in [3.05, 3.63) is 94.8 Å².